The molecule has 0 radical (unpaired) electrons. The van der Waals surface area contributed by atoms with Gasteiger partial charge in [0.05, 0.1) is 0 Å². The Hall–Kier alpha value is -3.94. The Balaban J connectivity index is 1.50. The molecule has 5 rings (SSSR count). The molecule has 0 amide bonds. The van der Waals surface area contributed by atoms with E-state index in [1.807, 2.05) is 29.6 Å². The van der Waals surface area contributed by atoms with Gasteiger partial charge in [-0.3, -0.25) is 0 Å². The zero-order valence-corrected chi connectivity index (χ0v) is 16.7. The van der Waals surface area contributed by atoms with E-state index in [1.165, 1.54) is 5.56 Å². The minimum atomic E-state index is 0.585. The largest absolute Gasteiger partial charge is 0.238 e. The van der Waals surface area contributed by atoms with Crippen molar-refractivity contribution in [1.82, 2.24) is 40.2 Å². The van der Waals surface area contributed by atoms with Crippen molar-refractivity contribution in [2.45, 2.75) is 26.7 Å². The Morgan fingerprint density at radius 1 is 1.00 bits per heavy atom. The maximum atomic E-state index is 4.73. The van der Waals surface area contributed by atoms with E-state index in [9.17, 15) is 0 Å². The summed E-state index contributed by atoms with van der Waals surface area (Å²) in [5, 5.41) is 18.8. The molecule has 3 aromatic heterocycles. The first kappa shape index (κ1) is 18.1. The number of tetrazole rings is 1. The van der Waals surface area contributed by atoms with Crippen molar-refractivity contribution in [2.24, 2.45) is 0 Å². The molecule has 0 saturated carbocycles. The van der Waals surface area contributed by atoms with Gasteiger partial charge in [-0.1, -0.05) is 55.5 Å². The molecule has 2 aromatic carbocycles. The highest BCUT2D eigenvalue weighted by Gasteiger charge is 2.14. The number of aryl methyl sites for hydroxylation is 2. The molecule has 0 aliphatic rings. The quantitative estimate of drug-likeness (QED) is 0.489. The van der Waals surface area contributed by atoms with Crippen LogP contribution in [-0.2, 0) is 12.8 Å². The van der Waals surface area contributed by atoms with Gasteiger partial charge in [0.1, 0.15) is 12.2 Å². The van der Waals surface area contributed by atoms with Crippen molar-refractivity contribution >= 4 is 5.65 Å². The molecule has 0 aliphatic carbocycles. The molecule has 8 heteroatoms. The third kappa shape index (κ3) is 3.12. The van der Waals surface area contributed by atoms with Crippen molar-refractivity contribution in [3.8, 4) is 22.5 Å². The van der Waals surface area contributed by atoms with E-state index in [0.29, 0.717) is 5.82 Å². The van der Waals surface area contributed by atoms with Crippen LogP contribution in [0.25, 0.3) is 28.2 Å². The van der Waals surface area contributed by atoms with Crippen molar-refractivity contribution < 1.29 is 0 Å². The zero-order chi connectivity index (χ0) is 20.5. The van der Waals surface area contributed by atoms with E-state index in [-0.39, 0.29) is 0 Å². The minimum Gasteiger partial charge on any atom is -0.238 e. The molecule has 3 heterocycles. The minimum absolute atomic E-state index is 0.585. The number of nitrogens with one attached hydrogen (secondary N) is 1. The maximum absolute atomic E-state index is 4.73. The summed E-state index contributed by atoms with van der Waals surface area (Å²) >= 11 is 0. The van der Waals surface area contributed by atoms with Gasteiger partial charge < -0.3 is 0 Å². The van der Waals surface area contributed by atoms with Gasteiger partial charge in [0.15, 0.2) is 5.65 Å². The van der Waals surface area contributed by atoms with Crippen LogP contribution in [-0.4, -0.2) is 40.2 Å². The van der Waals surface area contributed by atoms with E-state index in [1.54, 1.807) is 6.33 Å². The van der Waals surface area contributed by atoms with E-state index in [0.717, 1.165) is 52.3 Å². The molecule has 0 aliphatic heterocycles. The average molecular weight is 396 g/mol. The lowest BCUT2D eigenvalue weighted by molar-refractivity contribution is 0.820. The number of hydrogen-bond donors (Lipinski definition) is 1. The number of nitrogens with zero attached hydrogens (tertiary/aromatic N) is 7. The summed E-state index contributed by atoms with van der Waals surface area (Å²) in [6, 6.07) is 16.6. The Morgan fingerprint density at radius 2 is 1.80 bits per heavy atom. The summed E-state index contributed by atoms with van der Waals surface area (Å²) < 4.78 is 1.81. The fraction of sp³-hybridized carbons (Fsp3) is 0.182. The van der Waals surface area contributed by atoms with Crippen LogP contribution < -0.4 is 0 Å². The highest BCUT2D eigenvalue weighted by molar-refractivity contribution is 5.80. The third-order valence-corrected chi connectivity index (χ3v) is 5.26. The summed E-state index contributed by atoms with van der Waals surface area (Å²) in [5.74, 6) is 1.44. The van der Waals surface area contributed by atoms with Gasteiger partial charge in [0, 0.05) is 23.2 Å². The summed E-state index contributed by atoms with van der Waals surface area (Å²) in [4.78, 5) is 9.21. The molecular weight excluding hydrogens is 376 g/mol. The molecule has 30 heavy (non-hydrogen) atoms. The smallest absolute Gasteiger partial charge is 0.205 e. The number of rotatable bonds is 5. The summed E-state index contributed by atoms with van der Waals surface area (Å²) in [7, 11) is 0. The average Bonchev–Trinajstić information content (AvgIpc) is 3.49. The van der Waals surface area contributed by atoms with Crippen molar-refractivity contribution in [2.75, 3.05) is 0 Å². The predicted molar refractivity (Wildman–Crippen MR) is 113 cm³/mol. The normalized spacial score (nSPS) is 11.3. The first-order chi connectivity index (χ1) is 14.7. The predicted octanol–water partition coefficient (Wildman–Crippen LogP) is 3.43. The van der Waals surface area contributed by atoms with Gasteiger partial charge in [0.25, 0.3) is 0 Å². The summed E-state index contributed by atoms with van der Waals surface area (Å²) in [6.45, 7) is 4.08. The number of H-pyrrole nitrogens is 1. The highest BCUT2D eigenvalue weighted by Crippen LogP contribution is 2.30. The molecule has 1 N–H and O–H groups in total. The second kappa shape index (κ2) is 7.47. The molecule has 148 valence electrons. The molecule has 0 bridgehead atoms. The van der Waals surface area contributed by atoms with Crippen LogP contribution in [0.1, 0.15) is 29.6 Å². The first-order valence-corrected chi connectivity index (χ1v) is 9.85. The van der Waals surface area contributed by atoms with Crippen molar-refractivity contribution in [1.29, 1.82) is 0 Å². The SMILES string of the molecule is CCc1nc(C)n2ncnc2c1Cc1ccc(-c2ccccc2-c2nn[nH]n2)cc1. The highest BCUT2D eigenvalue weighted by atomic mass is 15.5. The number of aromatic amines is 1. The monoisotopic (exact) mass is 396 g/mol. The summed E-state index contributed by atoms with van der Waals surface area (Å²) in [6.07, 6.45) is 3.20. The van der Waals surface area contributed by atoms with Crippen molar-refractivity contribution in [3.05, 3.63) is 77.5 Å². The maximum Gasteiger partial charge on any atom is 0.205 e. The van der Waals surface area contributed by atoms with Crippen molar-refractivity contribution in [3.63, 3.8) is 0 Å². The van der Waals surface area contributed by atoms with Crippen LogP contribution >= 0.6 is 0 Å². The first-order valence-electron chi connectivity index (χ1n) is 9.85. The number of benzene rings is 2. The zero-order valence-electron chi connectivity index (χ0n) is 16.7. The van der Waals surface area contributed by atoms with E-state index in [4.69, 9.17) is 4.98 Å². The van der Waals surface area contributed by atoms with Gasteiger partial charge in [-0.15, -0.1) is 10.2 Å². The Kier molecular flexibility index (Phi) is 4.51. The van der Waals surface area contributed by atoms with Gasteiger partial charge >= 0.3 is 0 Å². The molecule has 5 aromatic rings. The Bertz CT molecular complexity index is 1300. The number of aromatic nitrogens is 8. The molecular formula is C22H20N8. The molecule has 0 fully saturated rings. The lowest BCUT2D eigenvalue weighted by Crippen LogP contribution is -2.07. The topological polar surface area (TPSA) is 97.5 Å². The van der Waals surface area contributed by atoms with Gasteiger partial charge in [-0.2, -0.15) is 14.8 Å². The Labute approximate surface area is 173 Å². The van der Waals surface area contributed by atoms with Gasteiger partial charge in [-0.05, 0) is 35.2 Å². The third-order valence-electron chi connectivity index (χ3n) is 5.26. The van der Waals surface area contributed by atoms with E-state index >= 15 is 0 Å². The van der Waals surface area contributed by atoms with Crippen LogP contribution in [0.15, 0.2) is 54.9 Å². The van der Waals surface area contributed by atoms with Gasteiger partial charge in [0.2, 0.25) is 5.82 Å². The van der Waals surface area contributed by atoms with E-state index in [2.05, 4.69) is 68.0 Å². The number of fused-ring (bicyclic) bond motifs is 1. The fourth-order valence-electron chi connectivity index (χ4n) is 3.81. The van der Waals surface area contributed by atoms with Crippen LogP contribution in [0.2, 0.25) is 0 Å². The molecule has 0 spiro atoms. The van der Waals surface area contributed by atoms with Crippen LogP contribution in [0.5, 0.6) is 0 Å². The lowest BCUT2D eigenvalue weighted by atomic mass is 9.96. The molecule has 0 unspecified atom stereocenters. The lowest BCUT2D eigenvalue weighted by Gasteiger charge is -2.12. The molecule has 0 saturated heterocycles. The Morgan fingerprint density at radius 3 is 2.53 bits per heavy atom. The molecule has 8 nitrogen and oxygen atoms in total. The van der Waals surface area contributed by atoms with E-state index < -0.39 is 0 Å². The number of hydrogen-bond acceptors (Lipinski definition) is 6. The van der Waals surface area contributed by atoms with Crippen LogP contribution in [0.3, 0.4) is 0 Å². The molecule has 0 atom stereocenters. The second-order valence-electron chi connectivity index (χ2n) is 7.09. The summed E-state index contributed by atoms with van der Waals surface area (Å²) in [5.41, 5.74) is 7.38. The van der Waals surface area contributed by atoms with Crippen LogP contribution in [0.4, 0.5) is 0 Å². The fourth-order valence-corrected chi connectivity index (χ4v) is 3.81. The second-order valence-corrected chi connectivity index (χ2v) is 7.09. The van der Waals surface area contributed by atoms with Gasteiger partial charge in [-0.25, -0.2) is 9.97 Å². The van der Waals surface area contributed by atoms with Crippen LogP contribution in [0, 0.1) is 6.92 Å². The standard InChI is InChI=1S/C22H20N8/c1-3-20-19(22-23-13-24-30(22)14(2)25-20)12-15-8-10-16(11-9-15)17-6-4-5-7-18(17)21-26-28-29-27-21/h4-11,13H,3,12H2,1-2H3,(H,26,27,28,29).